The van der Waals surface area contributed by atoms with Crippen LogP contribution in [0.25, 0.3) is 17.0 Å². The van der Waals surface area contributed by atoms with Crippen molar-refractivity contribution in [1.29, 1.82) is 0 Å². The summed E-state index contributed by atoms with van der Waals surface area (Å²) < 4.78 is 12.2. The third-order valence-corrected chi connectivity index (χ3v) is 5.49. The van der Waals surface area contributed by atoms with Crippen molar-refractivity contribution < 1.29 is 14.3 Å². The second-order valence-corrected chi connectivity index (χ2v) is 7.73. The van der Waals surface area contributed by atoms with Gasteiger partial charge in [0.05, 0.1) is 20.0 Å². The van der Waals surface area contributed by atoms with E-state index in [1.54, 1.807) is 36.9 Å². The van der Waals surface area contributed by atoms with Crippen LogP contribution in [-0.2, 0) is 4.79 Å². The molecule has 1 N–H and O–H groups in total. The van der Waals surface area contributed by atoms with Crippen LogP contribution in [0.1, 0.15) is 5.56 Å². The zero-order chi connectivity index (χ0) is 21.8. The first kappa shape index (κ1) is 20.7. The van der Waals surface area contributed by atoms with Crippen LogP contribution in [-0.4, -0.2) is 45.7 Å². The van der Waals surface area contributed by atoms with Crippen LogP contribution < -0.4 is 14.8 Å². The summed E-state index contributed by atoms with van der Waals surface area (Å²) in [6.45, 7) is 2.03. The lowest BCUT2D eigenvalue weighted by atomic mass is 10.1. The molecular formula is C22H21N5O3S. The van der Waals surface area contributed by atoms with Crippen LogP contribution >= 0.6 is 11.8 Å². The molecule has 31 heavy (non-hydrogen) atoms. The predicted molar refractivity (Wildman–Crippen MR) is 120 cm³/mol. The number of nitrogens with one attached hydrogen (secondary N) is 1. The first-order chi connectivity index (χ1) is 15.1. The van der Waals surface area contributed by atoms with Crippen LogP contribution in [0.2, 0.25) is 0 Å². The van der Waals surface area contributed by atoms with Crippen molar-refractivity contribution in [1.82, 2.24) is 19.8 Å². The Balaban J connectivity index is 1.46. The van der Waals surface area contributed by atoms with Gasteiger partial charge < -0.3 is 14.8 Å². The number of anilines is 1. The Morgan fingerprint density at radius 3 is 2.52 bits per heavy atom. The van der Waals surface area contributed by atoms with Crippen molar-refractivity contribution in [3.8, 4) is 22.9 Å². The summed E-state index contributed by atoms with van der Waals surface area (Å²) in [7, 11) is 3.12. The van der Waals surface area contributed by atoms with Gasteiger partial charge in [-0.25, -0.2) is 0 Å². The molecular weight excluding hydrogens is 414 g/mol. The molecule has 2 heterocycles. The number of fused-ring (bicyclic) bond motifs is 1. The van der Waals surface area contributed by atoms with Crippen LogP contribution in [0.5, 0.6) is 11.5 Å². The number of carbonyl (C=O) groups excluding carboxylic acids is 1. The fraction of sp³-hybridized carbons (Fsp3) is 0.182. The highest BCUT2D eigenvalue weighted by Crippen LogP contribution is 2.30. The van der Waals surface area contributed by atoms with Gasteiger partial charge >= 0.3 is 0 Å². The number of benzene rings is 2. The molecule has 158 valence electrons. The van der Waals surface area contributed by atoms with Crippen molar-refractivity contribution in [2.45, 2.75) is 11.9 Å². The summed E-state index contributed by atoms with van der Waals surface area (Å²) in [6.07, 6.45) is 0. The monoisotopic (exact) mass is 435 g/mol. The number of aromatic nitrogens is 4. The quantitative estimate of drug-likeness (QED) is 0.441. The number of thioether (sulfide) groups is 1. The summed E-state index contributed by atoms with van der Waals surface area (Å²) in [6, 6.07) is 16.9. The average molecular weight is 436 g/mol. The molecule has 0 aliphatic rings. The standard InChI is InChI=1S/C22H21N5O3S/c1-14-4-6-15(7-5-14)22-25-24-19-10-11-21(26-27(19)22)31-13-20(28)23-16-8-9-17(29-2)18(12-16)30-3/h4-12H,13H2,1-3H3,(H,23,28). The van der Waals surface area contributed by atoms with E-state index in [4.69, 9.17) is 9.47 Å². The summed E-state index contributed by atoms with van der Waals surface area (Å²) in [5.41, 5.74) is 3.38. The van der Waals surface area contributed by atoms with Crippen LogP contribution in [0.4, 0.5) is 5.69 Å². The number of rotatable bonds is 7. The normalized spacial score (nSPS) is 10.8. The van der Waals surface area contributed by atoms with Gasteiger partial charge in [-0.1, -0.05) is 41.6 Å². The molecule has 2 aromatic carbocycles. The summed E-state index contributed by atoms with van der Waals surface area (Å²) >= 11 is 1.33. The maximum atomic E-state index is 12.4. The first-order valence-corrected chi connectivity index (χ1v) is 10.5. The molecule has 4 aromatic rings. The van der Waals surface area contributed by atoms with Crippen molar-refractivity contribution in [2.75, 3.05) is 25.3 Å². The predicted octanol–water partition coefficient (Wildman–Crippen LogP) is 3.85. The molecule has 1 amide bonds. The lowest BCUT2D eigenvalue weighted by Gasteiger charge is -2.10. The Kier molecular flexibility index (Phi) is 6.03. The zero-order valence-corrected chi connectivity index (χ0v) is 18.1. The number of nitrogens with zero attached hydrogens (tertiary/aromatic N) is 4. The van der Waals surface area contributed by atoms with Crippen molar-refractivity contribution in [3.05, 3.63) is 60.2 Å². The number of carbonyl (C=O) groups is 1. The molecule has 0 aliphatic heterocycles. The lowest BCUT2D eigenvalue weighted by Crippen LogP contribution is -2.14. The Hall–Kier alpha value is -3.59. The zero-order valence-electron chi connectivity index (χ0n) is 17.3. The Morgan fingerprint density at radius 1 is 1.00 bits per heavy atom. The molecule has 0 bridgehead atoms. The molecule has 0 saturated carbocycles. The Bertz CT molecular complexity index is 1220. The summed E-state index contributed by atoms with van der Waals surface area (Å²) in [5, 5.41) is 16.6. The minimum atomic E-state index is -0.151. The van der Waals surface area contributed by atoms with Gasteiger partial charge in [0.2, 0.25) is 5.91 Å². The third-order valence-electron chi connectivity index (χ3n) is 4.57. The van der Waals surface area contributed by atoms with E-state index in [9.17, 15) is 4.79 Å². The number of ether oxygens (including phenoxy) is 2. The number of methoxy groups -OCH3 is 2. The van der Waals surface area contributed by atoms with Crippen molar-refractivity contribution >= 4 is 29.0 Å². The average Bonchev–Trinajstić information content (AvgIpc) is 3.21. The van der Waals surface area contributed by atoms with E-state index in [-0.39, 0.29) is 11.7 Å². The van der Waals surface area contributed by atoms with Gasteiger partial charge in [0.15, 0.2) is 23.0 Å². The van der Waals surface area contributed by atoms with Gasteiger partial charge in [-0.2, -0.15) is 9.61 Å². The molecule has 0 unspecified atom stereocenters. The SMILES string of the molecule is COc1ccc(NC(=O)CSc2ccc3nnc(-c4ccc(C)cc4)n3n2)cc1OC. The van der Waals surface area contributed by atoms with Crippen LogP contribution in [0.3, 0.4) is 0 Å². The lowest BCUT2D eigenvalue weighted by molar-refractivity contribution is -0.113. The largest absolute Gasteiger partial charge is 0.493 e. The number of aryl methyl sites for hydroxylation is 1. The van der Waals surface area contributed by atoms with Gasteiger partial charge in [-0.15, -0.1) is 10.2 Å². The molecule has 4 rings (SSSR count). The molecule has 2 aromatic heterocycles. The smallest absolute Gasteiger partial charge is 0.234 e. The minimum Gasteiger partial charge on any atom is -0.493 e. The molecule has 0 fully saturated rings. The number of hydrogen-bond donors (Lipinski definition) is 1. The van der Waals surface area contributed by atoms with Crippen LogP contribution in [0, 0.1) is 6.92 Å². The first-order valence-electron chi connectivity index (χ1n) is 9.51. The van der Waals surface area contributed by atoms with Gasteiger partial charge in [-0.3, -0.25) is 4.79 Å². The number of hydrogen-bond acceptors (Lipinski definition) is 7. The Morgan fingerprint density at radius 2 is 1.77 bits per heavy atom. The fourth-order valence-corrected chi connectivity index (χ4v) is 3.64. The van der Waals surface area contributed by atoms with E-state index in [2.05, 4.69) is 20.6 Å². The second-order valence-electron chi connectivity index (χ2n) is 6.74. The van der Waals surface area contributed by atoms with E-state index >= 15 is 0 Å². The molecule has 0 radical (unpaired) electrons. The molecule has 9 heteroatoms. The second kappa shape index (κ2) is 9.05. The van der Waals surface area contributed by atoms with E-state index in [1.165, 1.54) is 17.3 Å². The number of amides is 1. The molecule has 0 aliphatic carbocycles. The molecule has 0 saturated heterocycles. The van der Waals surface area contributed by atoms with E-state index in [1.807, 2.05) is 43.3 Å². The highest BCUT2D eigenvalue weighted by molar-refractivity contribution is 7.99. The molecule has 0 atom stereocenters. The van der Waals surface area contributed by atoms with Crippen molar-refractivity contribution in [2.24, 2.45) is 0 Å². The third kappa shape index (κ3) is 4.61. The van der Waals surface area contributed by atoms with Gasteiger partial charge in [0.1, 0.15) is 5.03 Å². The van der Waals surface area contributed by atoms with E-state index in [0.29, 0.717) is 33.7 Å². The Labute approximate surface area is 183 Å². The minimum absolute atomic E-state index is 0.151. The summed E-state index contributed by atoms with van der Waals surface area (Å²) in [5.74, 6) is 1.87. The highest BCUT2D eigenvalue weighted by Gasteiger charge is 2.12. The van der Waals surface area contributed by atoms with E-state index in [0.717, 1.165) is 5.56 Å². The summed E-state index contributed by atoms with van der Waals surface area (Å²) in [4.78, 5) is 12.4. The maximum absolute atomic E-state index is 12.4. The van der Waals surface area contributed by atoms with Gasteiger partial charge in [-0.05, 0) is 31.2 Å². The van der Waals surface area contributed by atoms with E-state index < -0.39 is 0 Å². The molecule has 8 nitrogen and oxygen atoms in total. The topological polar surface area (TPSA) is 90.6 Å². The van der Waals surface area contributed by atoms with Crippen LogP contribution in [0.15, 0.2) is 59.6 Å². The van der Waals surface area contributed by atoms with Gasteiger partial charge in [0, 0.05) is 17.3 Å². The van der Waals surface area contributed by atoms with Crippen molar-refractivity contribution in [3.63, 3.8) is 0 Å². The highest BCUT2D eigenvalue weighted by atomic mass is 32.2. The fourth-order valence-electron chi connectivity index (χ4n) is 2.98. The van der Waals surface area contributed by atoms with Gasteiger partial charge in [0.25, 0.3) is 0 Å². The maximum Gasteiger partial charge on any atom is 0.234 e. The molecule has 0 spiro atoms.